The number of unbranched alkanes of at least 4 members (excludes halogenated alkanes) is 5. The van der Waals surface area contributed by atoms with E-state index in [1.54, 1.807) is 6.26 Å². The Morgan fingerprint density at radius 2 is 2.00 bits per heavy atom. The zero-order chi connectivity index (χ0) is 15.3. The van der Waals surface area contributed by atoms with Crippen LogP contribution in [-0.2, 0) is 4.74 Å². The van der Waals surface area contributed by atoms with Gasteiger partial charge in [0.25, 0.3) is 0 Å². The SMILES string of the molecule is CCCCCCCCOCC(O)CNC(C)c1ccco1. The molecule has 1 heterocycles. The third-order valence-electron chi connectivity index (χ3n) is 3.58. The van der Waals surface area contributed by atoms with Crippen LogP contribution in [0.4, 0.5) is 0 Å². The molecule has 1 aromatic rings. The van der Waals surface area contributed by atoms with Gasteiger partial charge in [-0.3, -0.25) is 0 Å². The van der Waals surface area contributed by atoms with Crippen LogP contribution in [0.15, 0.2) is 22.8 Å². The Morgan fingerprint density at radius 3 is 2.71 bits per heavy atom. The molecule has 0 aliphatic heterocycles. The lowest BCUT2D eigenvalue weighted by Crippen LogP contribution is -2.32. The Morgan fingerprint density at radius 1 is 1.24 bits per heavy atom. The van der Waals surface area contributed by atoms with E-state index in [2.05, 4.69) is 12.2 Å². The Hall–Kier alpha value is -0.840. The summed E-state index contributed by atoms with van der Waals surface area (Å²) in [4.78, 5) is 0. The van der Waals surface area contributed by atoms with Crippen molar-refractivity contribution in [2.24, 2.45) is 0 Å². The van der Waals surface area contributed by atoms with E-state index in [9.17, 15) is 5.11 Å². The van der Waals surface area contributed by atoms with Crippen molar-refractivity contribution in [1.29, 1.82) is 0 Å². The van der Waals surface area contributed by atoms with Gasteiger partial charge in [-0.05, 0) is 25.5 Å². The first kappa shape index (κ1) is 18.2. The lowest BCUT2D eigenvalue weighted by molar-refractivity contribution is 0.0340. The van der Waals surface area contributed by atoms with Crippen LogP contribution in [0.2, 0.25) is 0 Å². The molecule has 0 bridgehead atoms. The molecule has 4 nitrogen and oxygen atoms in total. The molecular formula is C17H31NO3. The third-order valence-corrected chi connectivity index (χ3v) is 3.58. The summed E-state index contributed by atoms with van der Waals surface area (Å²) in [6, 6.07) is 3.90. The van der Waals surface area contributed by atoms with Crippen molar-refractivity contribution in [3.8, 4) is 0 Å². The van der Waals surface area contributed by atoms with Gasteiger partial charge in [-0.15, -0.1) is 0 Å². The quantitative estimate of drug-likeness (QED) is 0.545. The summed E-state index contributed by atoms with van der Waals surface area (Å²) in [7, 11) is 0. The van der Waals surface area contributed by atoms with E-state index in [-0.39, 0.29) is 6.04 Å². The number of rotatable bonds is 13. The van der Waals surface area contributed by atoms with Crippen molar-refractivity contribution < 1.29 is 14.3 Å². The summed E-state index contributed by atoms with van der Waals surface area (Å²) in [5, 5.41) is 13.1. The van der Waals surface area contributed by atoms with Crippen LogP contribution in [-0.4, -0.2) is 31.0 Å². The van der Waals surface area contributed by atoms with Crippen LogP contribution in [0, 0.1) is 0 Å². The summed E-state index contributed by atoms with van der Waals surface area (Å²) in [5.41, 5.74) is 0. The smallest absolute Gasteiger partial charge is 0.120 e. The maximum absolute atomic E-state index is 9.85. The zero-order valence-electron chi connectivity index (χ0n) is 13.5. The molecule has 4 heteroatoms. The topological polar surface area (TPSA) is 54.6 Å². The van der Waals surface area contributed by atoms with Gasteiger partial charge >= 0.3 is 0 Å². The van der Waals surface area contributed by atoms with Crippen molar-refractivity contribution in [3.63, 3.8) is 0 Å². The predicted octanol–water partition coefficient (Wildman–Crippen LogP) is 3.67. The molecule has 0 radical (unpaired) electrons. The third kappa shape index (κ3) is 8.91. The second-order valence-electron chi connectivity index (χ2n) is 5.64. The second-order valence-corrected chi connectivity index (χ2v) is 5.64. The van der Waals surface area contributed by atoms with E-state index in [0.717, 1.165) is 18.8 Å². The average molecular weight is 297 g/mol. The van der Waals surface area contributed by atoms with E-state index in [1.807, 2.05) is 19.1 Å². The van der Waals surface area contributed by atoms with E-state index in [4.69, 9.17) is 9.15 Å². The first-order valence-electron chi connectivity index (χ1n) is 8.26. The van der Waals surface area contributed by atoms with Gasteiger partial charge in [-0.2, -0.15) is 0 Å². The highest BCUT2D eigenvalue weighted by Gasteiger charge is 2.10. The van der Waals surface area contributed by atoms with Crippen molar-refractivity contribution in [3.05, 3.63) is 24.2 Å². The number of ether oxygens (including phenoxy) is 1. The lowest BCUT2D eigenvalue weighted by Gasteiger charge is -2.15. The largest absolute Gasteiger partial charge is 0.468 e. The van der Waals surface area contributed by atoms with Gasteiger partial charge < -0.3 is 19.6 Å². The van der Waals surface area contributed by atoms with Crippen LogP contribution < -0.4 is 5.32 Å². The van der Waals surface area contributed by atoms with E-state index < -0.39 is 6.10 Å². The van der Waals surface area contributed by atoms with Gasteiger partial charge in [0.1, 0.15) is 5.76 Å². The van der Waals surface area contributed by atoms with Crippen molar-refractivity contribution in [2.75, 3.05) is 19.8 Å². The van der Waals surface area contributed by atoms with E-state index >= 15 is 0 Å². The molecule has 122 valence electrons. The highest BCUT2D eigenvalue weighted by atomic mass is 16.5. The van der Waals surface area contributed by atoms with Crippen molar-refractivity contribution in [2.45, 2.75) is 64.5 Å². The van der Waals surface area contributed by atoms with Crippen LogP contribution in [0.1, 0.15) is 64.2 Å². The van der Waals surface area contributed by atoms with E-state index in [0.29, 0.717) is 13.2 Å². The molecule has 2 N–H and O–H groups in total. The molecule has 0 aliphatic rings. The molecule has 1 rings (SSSR count). The Bertz CT molecular complexity index is 327. The molecule has 1 aromatic heterocycles. The normalized spacial score (nSPS) is 14.2. The van der Waals surface area contributed by atoms with Gasteiger partial charge in [0, 0.05) is 13.2 Å². The lowest BCUT2D eigenvalue weighted by atomic mass is 10.1. The maximum Gasteiger partial charge on any atom is 0.120 e. The average Bonchev–Trinajstić information content (AvgIpc) is 3.02. The Kier molecular flexibility index (Phi) is 10.2. The highest BCUT2D eigenvalue weighted by Crippen LogP contribution is 2.11. The summed E-state index contributed by atoms with van der Waals surface area (Å²) in [5.74, 6) is 0.884. The summed E-state index contributed by atoms with van der Waals surface area (Å²) in [6.45, 7) is 5.90. The molecule has 0 aromatic carbocycles. The Labute approximate surface area is 128 Å². The number of hydrogen-bond donors (Lipinski definition) is 2. The van der Waals surface area contributed by atoms with Crippen molar-refractivity contribution in [1.82, 2.24) is 5.32 Å². The molecule has 2 atom stereocenters. The van der Waals surface area contributed by atoms with Crippen LogP contribution in [0.5, 0.6) is 0 Å². The number of furan rings is 1. The van der Waals surface area contributed by atoms with Gasteiger partial charge in [0.15, 0.2) is 0 Å². The predicted molar refractivity (Wildman–Crippen MR) is 85.3 cm³/mol. The summed E-state index contributed by atoms with van der Waals surface area (Å²) in [6.07, 6.45) is 8.74. The second kappa shape index (κ2) is 11.8. The van der Waals surface area contributed by atoms with Crippen LogP contribution in [0.3, 0.4) is 0 Å². The molecule has 0 amide bonds. The minimum absolute atomic E-state index is 0.105. The monoisotopic (exact) mass is 297 g/mol. The highest BCUT2D eigenvalue weighted by molar-refractivity contribution is 5.02. The van der Waals surface area contributed by atoms with Gasteiger partial charge in [-0.25, -0.2) is 0 Å². The Balaban J connectivity index is 1.93. The molecule has 0 saturated heterocycles. The molecular weight excluding hydrogens is 266 g/mol. The molecule has 0 fully saturated rings. The maximum atomic E-state index is 9.85. The first-order valence-corrected chi connectivity index (χ1v) is 8.26. The number of aliphatic hydroxyl groups excluding tert-OH is 1. The fraction of sp³-hybridized carbons (Fsp3) is 0.765. The fourth-order valence-electron chi connectivity index (χ4n) is 2.21. The first-order chi connectivity index (χ1) is 10.2. The molecule has 0 spiro atoms. The minimum atomic E-state index is -0.470. The molecule has 0 saturated carbocycles. The number of aliphatic hydroxyl groups is 1. The van der Waals surface area contributed by atoms with Gasteiger partial charge in [0.05, 0.1) is 25.0 Å². The molecule has 0 aliphatic carbocycles. The minimum Gasteiger partial charge on any atom is -0.468 e. The van der Waals surface area contributed by atoms with Crippen molar-refractivity contribution >= 4 is 0 Å². The van der Waals surface area contributed by atoms with Gasteiger partial charge in [0.2, 0.25) is 0 Å². The standard InChI is InChI=1S/C17H31NO3/c1-3-4-5-6-7-8-11-20-14-16(19)13-18-15(2)17-10-9-12-21-17/h9-10,12,15-16,18-19H,3-8,11,13-14H2,1-2H3. The zero-order valence-corrected chi connectivity index (χ0v) is 13.5. The van der Waals surface area contributed by atoms with Crippen LogP contribution >= 0.6 is 0 Å². The molecule has 21 heavy (non-hydrogen) atoms. The summed E-state index contributed by atoms with van der Waals surface area (Å²) >= 11 is 0. The molecule has 2 unspecified atom stereocenters. The van der Waals surface area contributed by atoms with Crippen LogP contribution in [0.25, 0.3) is 0 Å². The van der Waals surface area contributed by atoms with E-state index in [1.165, 1.54) is 32.1 Å². The van der Waals surface area contributed by atoms with Gasteiger partial charge in [-0.1, -0.05) is 39.0 Å². The fourth-order valence-corrected chi connectivity index (χ4v) is 2.21. The number of hydrogen-bond acceptors (Lipinski definition) is 4. The number of nitrogens with one attached hydrogen (secondary N) is 1. The summed E-state index contributed by atoms with van der Waals surface area (Å²) < 4.78 is 10.8.